The van der Waals surface area contributed by atoms with Crippen molar-refractivity contribution in [1.29, 1.82) is 0 Å². The van der Waals surface area contributed by atoms with E-state index < -0.39 is 0 Å². The summed E-state index contributed by atoms with van der Waals surface area (Å²) in [6.07, 6.45) is 6.08. The smallest absolute Gasteiger partial charge is 0.122 e. The summed E-state index contributed by atoms with van der Waals surface area (Å²) in [6, 6.07) is 6.51. The third-order valence-electron chi connectivity index (χ3n) is 4.49. The number of anilines is 1. The fourth-order valence-electron chi connectivity index (χ4n) is 3.09. The van der Waals surface area contributed by atoms with Crippen molar-refractivity contribution in [2.24, 2.45) is 5.92 Å². The van der Waals surface area contributed by atoms with Crippen LogP contribution in [0, 0.1) is 5.92 Å². The van der Waals surface area contributed by atoms with Gasteiger partial charge in [-0.1, -0.05) is 13.0 Å². The fourth-order valence-corrected chi connectivity index (χ4v) is 3.09. The molecule has 2 nitrogen and oxygen atoms in total. The molecule has 2 heteroatoms. The third kappa shape index (κ3) is 2.33. The first kappa shape index (κ1) is 11.9. The molecule has 1 N–H and O–H groups in total. The fraction of sp³-hybridized carbons (Fsp3) is 0.625. The summed E-state index contributed by atoms with van der Waals surface area (Å²) in [5, 5.41) is 3.42. The van der Waals surface area contributed by atoms with E-state index in [9.17, 15) is 0 Å². The molecule has 18 heavy (non-hydrogen) atoms. The van der Waals surface area contributed by atoms with Crippen LogP contribution in [0.15, 0.2) is 18.2 Å². The van der Waals surface area contributed by atoms with E-state index in [4.69, 9.17) is 4.74 Å². The number of benzene rings is 1. The van der Waals surface area contributed by atoms with Gasteiger partial charge in [0.15, 0.2) is 0 Å². The van der Waals surface area contributed by atoms with E-state index in [1.165, 1.54) is 36.9 Å². The lowest BCUT2D eigenvalue weighted by molar-refractivity contribution is 0.0354. The summed E-state index contributed by atoms with van der Waals surface area (Å²) >= 11 is 0. The monoisotopic (exact) mass is 245 g/mol. The molecule has 98 valence electrons. The largest absolute Gasteiger partial charge is 0.488 e. The zero-order chi connectivity index (χ0) is 12.6. The minimum atomic E-state index is 0.0410. The maximum Gasteiger partial charge on any atom is 0.122 e. The van der Waals surface area contributed by atoms with Crippen molar-refractivity contribution in [3.8, 4) is 5.75 Å². The van der Waals surface area contributed by atoms with Crippen molar-refractivity contribution in [3.05, 3.63) is 23.8 Å². The Morgan fingerprint density at radius 3 is 2.83 bits per heavy atom. The lowest BCUT2D eigenvalue weighted by Crippen LogP contribution is -2.36. The van der Waals surface area contributed by atoms with Crippen molar-refractivity contribution in [1.82, 2.24) is 0 Å². The van der Waals surface area contributed by atoms with Gasteiger partial charge in [-0.3, -0.25) is 0 Å². The van der Waals surface area contributed by atoms with Gasteiger partial charge in [0.1, 0.15) is 11.4 Å². The minimum Gasteiger partial charge on any atom is -0.488 e. The van der Waals surface area contributed by atoms with Gasteiger partial charge in [0, 0.05) is 18.3 Å². The molecule has 0 unspecified atom stereocenters. The summed E-state index contributed by atoms with van der Waals surface area (Å²) in [5.74, 6) is 1.89. The SMILES string of the molecule is CC1CCC(C)(Oc2ccc3c(c2)NCC3)CC1. The predicted molar refractivity (Wildman–Crippen MR) is 75.3 cm³/mol. The van der Waals surface area contributed by atoms with Gasteiger partial charge in [-0.2, -0.15) is 0 Å². The second-order valence-electron chi connectivity index (χ2n) is 6.23. The lowest BCUT2D eigenvalue weighted by atomic mass is 9.80. The second-order valence-corrected chi connectivity index (χ2v) is 6.23. The van der Waals surface area contributed by atoms with E-state index in [0.717, 1.165) is 24.6 Å². The van der Waals surface area contributed by atoms with Crippen molar-refractivity contribution in [3.63, 3.8) is 0 Å². The van der Waals surface area contributed by atoms with Crippen LogP contribution < -0.4 is 10.1 Å². The van der Waals surface area contributed by atoms with Crippen LogP contribution in [0.25, 0.3) is 0 Å². The molecule has 0 spiro atoms. The molecule has 1 saturated carbocycles. The van der Waals surface area contributed by atoms with E-state index in [-0.39, 0.29) is 5.60 Å². The second kappa shape index (κ2) is 4.49. The average Bonchev–Trinajstić information content (AvgIpc) is 2.81. The molecule has 0 aromatic heterocycles. The lowest BCUT2D eigenvalue weighted by Gasteiger charge is -2.36. The zero-order valence-corrected chi connectivity index (χ0v) is 11.5. The first-order valence-electron chi connectivity index (χ1n) is 7.20. The molecule has 1 fully saturated rings. The summed E-state index contributed by atoms with van der Waals surface area (Å²) in [6.45, 7) is 5.67. The van der Waals surface area contributed by atoms with Crippen LogP contribution in [0.4, 0.5) is 5.69 Å². The molecular weight excluding hydrogens is 222 g/mol. The highest BCUT2D eigenvalue weighted by molar-refractivity contribution is 5.58. The van der Waals surface area contributed by atoms with Gasteiger partial charge in [-0.05, 0) is 56.6 Å². The van der Waals surface area contributed by atoms with Crippen LogP contribution in [0.2, 0.25) is 0 Å². The topological polar surface area (TPSA) is 21.3 Å². The Morgan fingerprint density at radius 2 is 2.06 bits per heavy atom. The minimum absolute atomic E-state index is 0.0410. The van der Waals surface area contributed by atoms with Crippen molar-refractivity contribution >= 4 is 5.69 Å². The van der Waals surface area contributed by atoms with Crippen LogP contribution >= 0.6 is 0 Å². The van der Waals surface area contributed by atoms with Crippen LogP contribution in [-0.4, -0.2) is 12.1 Å². The molecule has 0 saturated heterocycles. The van der Waals surface area contributed by atoms with Gasteiger partial charge in [0.05, 0.1) is 0 Å². The van der Waals surface area contributed by atoms with Gasteiger partial charge in [-0.25, -0.2) is 0 Å². The van der Waals surface area contributed by atoms with Crippen molar-refractivity contribution in [2.75, 3.05) is 11.9 Å². The van der Waals surface area contributed by atoms with Gasteiger partial charge in [0.25, 0.3) is 0 Å². The van der Waals surface area contributed by atoms with Gasteiger partial charge in [0.2, 0.25) is 0 Å². The van der Waals surface area contributed by atoms with E-state index >= 15 is 0 Å². The van der Waals surface area contributed by atoms with Gasteiger partial charge < -0.3 is 10.1 Å². The Morgan fingerprint density at radius 1 is 1.28 bits per heavy atom. The maximum atomic E-state index is 6.28. The molecule has 0 amide bonds. The molecule has 3 rings (SSSR count). The normalized spacial score (nSPS) is 30.7. The quantitative estimate of drug-likeness (QED) is 0.850. The Labute approximate surface area is 110 Å². The van der Waals surface area contributed by atoms with Crippen LogP contribution in [0.5, 0.6) is 5.75 Å². The van der Waals surface area contributed by atoms with Gasteiger partial charge in [-0.15, -0.1) is 0 Å². The summed E-state index contributed by atoms with van der Waals surface area (Å²) < 4.78 is 6.28. The summed E-state index contributed by atoms with van der Waals surface area (Å²) in [4.78, 5) is 0. The number of hydrogen-bond acceptors (Lipinski definition) is 2. The highest BCUT2D eigenvalue weighted by Crippen LogP contribution is 2.36. The van der Waals surface area contributed by atoms with Crippen LogP contribution in [0.3, 0.4) is 0 Å². The maximum absolute atomic E-state index is 6.28. The molecule has 2 aliphatic rings. The summed E-state index contributed by atoms with van der Waals surface area (Å²) in [7, 11) is 0. The van der Waals surface area contributed by atoms with Crippen molar-refractivity contribution in [2.45, 2.75) is 51.6 Å². The van der Waals surface area contributed by atoms with Crippen molar-refractivity contribution < 1.29 is 4.74 Å². The number of ether oxygens (including phenoxy) is 1. The standard InChI is InChI=1S/C16H23NO/c1-12-5-8-16(2,9-6-12)18-14-4-3-13-7-10-17-15(13)11-14/h3-4,11-12,17H,5-10H2,1-2H3. The number of nitrogens with one attached hydrogen (secondary N) is 1. The van der Waals surface area contributed by atoms with E-state index in [0.29, 0.717) is 0 Å². The van der Waals surface area contributed by atoms with E-state index in [1.807, 2.05) is 0 Å². The first-order valence-corrected chi connectivity index (χ1v) is 7.20. The molecule has 0 bridgehead atoms. The Kier molecular flexibility index (Phi) is 2.96. The third-order valence-corrected chi connectivity index (χ3v) is 4.49. The highest BCUT2D eigenvalue weighted by atomic mass is 16.5. The first-order chi connectivity index (χ1) is 8.65. The molecule has 1 aromatic carbocycles. The Bertz CT molecular complexity index is 433. The summed E-state index contributed by atoms with van der Waals surface area (Å²) in [5.41, 5.74) is 2.73. The molecule has 1 aliphatic heterocycles. The number of hydrogen-bond donors (Lipinski definition) is 1. The Balaban J connectivity index is 1.72. The molecule has 0 atom stereocenters. The van der Waals surface area contributed by atoms with E-state index in [1.54, 1.807) is 0 Å². The van der Waals surface area contributed by atoms with Gasteiger partial charge >= 0.3 is 0 Å². The Hall–Kier alpha value is -1.18. The number of rotatable bonds is 2. The molecule has 1 aliphatic carbocycles. The van der Waals surface area contributed by atoms with Crippen LogP contribution in [-0.2, 0) is 6.42 Å². The molecule has 1 aromatic rings. The average molecular weight is 245 g/mol. The zero-order valence-electron chi connectivity index (χ0n) is 11.5. The predicted octanol–water partition coefficient (Wildman–Crippen LogP) is 4.00. The highest BCUT2D eigenvalue weighted by Gasteiger charge is 2.31. The number of fused-ring (bicyclic) bond motifs is 1. The van der Waals surface area contributed by atoms with Crippen LogP contribution in [0.1, 0.15) is 45.1 Å². The molecule has 1 heterocycles. The molecule has 0 radical (unpaired) electrons. The van der Waals surface area contributed by atoms with E-state index in [2.05, 4.69) is 37.4 Å². The molecular formula is C16H23NO.